The van der Waals surface area contributed by atoms with Gasteiger partial charge in [0.2, 0.25) is 5.91 Å². The van der Waals surface area contributed by atoms with Gasteiger partial charge in [0, 0.05) is 17.3 Å². The molecule has 0 spiro atoms. The maximum absolute atomic E-state index is 11.5. The maximum atomic E-state index is 11.5. The van der Waals surface area contributed by atoms with Crippen molar-refractivity contribution in [3.63, 3.8) is 0 Å². The third kappa shape index (κ3) is 2.58. The Morgan fingerprint density at radius 3 is 2.67 bits per heavy atom. The lowest BCUT2D eigenvalue weighted by atomic mass is 10.1. The first-order chi connectivity index (χ1) is 10.1. The van der Waals surface area contributed by atoms with Crippen LogP contribution < -0.4 is 15.8 Å². The molecule has 108 valence electrons. The fourth-order valence-corrected chi connectivity index (χ4v) is 2.36. The molecule has 1 unspecified atom stereocenters. The monoisotopic (exact) mass is 304 g/mol. The summed E-state index contributed by atoms with van der Waals surface area (Å²) in [7, 11) is 0. The quantitative estimate of drug-likeness (QED) is 0.813. The van der Waals surface area contributed by atoms with Crippen LogP contribution in [0, 0.1) is 0 Å². The van der Waals surface area contributed by atoms with Crippen LogP contribution in [0.15, 0.2) is 36.4 Å². The Morgan fingerprint density at radius 2 is 2.00 bits per heavy atom. The van der Waals surface area contributed by atoms with E-state index in [0.717, 1.165) is 5.56 Å². The van der Waals surface area contributed by atoms with Crippen molar-refractivity contribution in [1.29, 1.82) is 0 Å². The van der Waals surface area contributed by atoms with Gasteiger partial charge in [-0.2, -0.15) is 0 Å². The fourth-order valence-electron chi connectivity index (χ4n) is 2.15. The van der Waals surface area contributed by atoms with Crippen molar-refractivity contribution < 1.29 is 14.6 Å². The highest BCUT2D eigenvalue weighted by Gasteiger charge is 2.28. The normalized spacial score (nSPS) is 16.5. The van der Waals surface area contributed by atoms with Crippen LogP contribution in [-0.2, 0) is 11.4 Å². The second kappa shape index (κ2) is 5.37. The van der Waals surface area contributed by atoms with Crippen molar-refractivity contribution in [2.75, 3.05) is 5.32 Å². The molecule has 6 heteroatoms. The number of carbonyl (C=O) groups excluding carboxylic acids is 1. The number of benzene rings is 2. The van der Waals surface area contributed by atoms with Gasteiger partial charge in [0.25, 0.3) is 0 Å². The first kappa shape index (κ1) is 13.9. The van der Waals surface area contributed by atoms with Gasteiger partial charge >= 0.3 is 0 Å². The number of aliphatic hydroxyl groups excluding tert-OH is 1. The van der Waals surface area contributed by atoms with Crippen LogP contribution in [0.4, 0.5) is 5.69 Å². The molecule has 0 fully saturated rings. The smallest absolute Gasteiger partial charge is 0.245 e. The zero-order valence-corrected chi connectivity index (χ0v) is 11.7. The van der Waals surface area contributed by atoms with Gasteiger partial charge in [0.1, 0.15) is 17.5 Å². The lowest BCUT2D eigenvalue weighted by Gasteiger charge is -2.10. The lowest BCUT2D eigenvalue weighted by Crippen LogP contribution is -2.19. The van der Waals surface area contributed by atoms with E-state index < -0.39 is 6.04 Å². The van der Waals surface area contributed by atoms with Crippen molar-refractivity contribution in [2.24, 2.45) is 5.73 Å². The predicted molar refractivity (Wildman–Crippen MR) is 79.4 cm³/mol. The molecule has 3 rings (SSSR count). The van der Waals surface area contributed by atoms with E-state index in [9.17, 15) is 4.79 Å². The van der Waals surface area contributed by atoms with Crippen molar-refractivity contribution in [3.05, 3.63) is 52.5 Å². The molecule has 0 saturated heterocycles. The summed E-state index contributed by atoms with van der Waals surface area (Å²) < 4.78 is 5.70. The second-order valence-electron chi connectivity index (χ2n) is 4.74. The number of nitrogens with two attached hydrogens (primary N) is 1. The summed E-state index contributed by atoms with van der Waals surface area (Å²) in [5, 5.41) is 12.1. The van der Waals surface area contributed by atoms with Crippen LogP contribution in [0.2, 0.25) is 5.02 Å². The van der Waals surface area contributed by atoms with Crippen molar-refractivity contribution >= 4 is 23.2 Å². The van der Waals surface area contributed by atoms with Crippen LogP contribution in [0.5, 0.6) is 11.5 Å². The number of halogens is 1. The fraction of sp³-hybridized carbons (Fsp3) is 0.133. The molecule has 0 aliphatic carbocycles. The average Bonchev–Trinajstić information content (AvgIpc) is 2.75. The van der Waals surface area contributed by atoms with E-state index in [1.54, 1.807) is 36.4 Å². The maximum Gasteiger partial charge on any atom is 0.245 e. The van der Waals surface area contributed by atoms with Gasteiger partial charge in [0.15, 0.2) is 0 Å². The molecule has 1 aliphatic heterocycles. The third-order valence-electron chi connectivity index (χ3n) is 3.31. The molecular weight excluding hydrogens is 292 g/mol. The Hall–Kier alpha value is -2.08. The van der Waals surface area contributed by atoms with E-state index in [4.69, 9.17) is 27.2 Å². The number of hydrogen-bond acceptors (Lipinski definition) is 4. The molecule has 1 aliphatic rings. The summed E-state index contributed by atoms with van der Waals surface area (Å²) >= 11 is 6.17. The highest BCUT2D eigenvalue weighted by atomic mass is 35.5. The Labute approximate surface area is 126 Å². The number of aliphatic hydroxyl groups is 1. The summed E-state index contributed by atoms with van der Waals surface area (Å²) in [6, 6.07) is 9.58. The molecular formula is C15H13ClN2O3. The minimum atomic E-state index is -0.699. The number of anilines is 1. The van der Waals surface area contributed by atoms with Gasteiger partial charge in [-0.15, -0.1) is 0 Å². The number of carbonyl (C=O) groups is 1. The molecule has 0 bridgehead atoms. The number of ether oxygens (including phenoxy) is 1. The molecule has 1 heterocycles. The van der Waals surface area contributed by atoms with Crippen molar-refractivity contribution in [3.8, 4) is 11.5 Å². The molecule has 4 N–H and O–H groups in total. The molecule has 5 nitrogen and oxygen atoms in total. The highest BCUT2D eigenvalue weighted by molar-refractivity contribution is 6.32. The number of fused-ring (bicyclic) bond motifs is 1. The summed E-state index contributed by atoms with van der Waals surface area (Å²) in [4.78, 5) is 11.5. The number of rotatable bonds is 3. The van der Waals surface area contributed by atoms with Crippen LogP contribution in [0.25, 0.3) is 0 Å². The molecule has 0 saturated carbocycles. The first-order valence-corrected chi connectivity index (χ1v) is 6.74. The number of amides is 1. The molecule has 1 amide bonds. The molecule has 2 aromatic rings. The zero-order chi connectivity index (χ0) is 15.0. The molecule has 21 heavy (non-hydrogen) atoms. The summed E-state index contributed by atoms with van der Waals surface area (Å²) in [5.41, 5.74) is 7.82. The minimum absolute atomic E-state index is 0.0240. The van der Waals surface area contributed by atoms with Gasteiger partial charge in [-0.25, -0.2) is 0 Å². The summed E-state index contributed by atoms with van der Waals surface area (Å²) in [5.74, 6) is 0.759. The average molecular weight is 305 g/mol. The molecule has 1 atom stereocenters. The first-order valence-electron chi connectivity index (χ1n) is 6.36. The Balaban J connectivity index is 1.89. The second-order valence-corrected chi connectivity index (χ2v) is 5.15. The van der Waals surface area contributed by atoms with E-state index in [1.807, 2.05) is 0 Å². The third-order valence-corrected chi connectivity index (χ3v) is 3.61. The highest BCUT2D eigenvalue weighted by Crippen LogP contribution is 2.39. The van der Waals surface area contributed by atoms with Gasteiger partial charge in [0.05, 0.1) is 11.6 Å². The van der Waals surface area contributed by atoms with Gasteiger partial charge in [-0.3, -0.25) is 4.79 Å². The van der Waals surface area contributed by atoms with Crippen LogP contribution >= 0.6 is 11.6 Å². The van der Waals surface area contributed by atoms with E-state index >= 15 is 0 Å². The molecule has 0 radical (unpaired) electrons. The Morgan fingerprint density at radius 1 is 1.29 bits per heavy atom. The predicted octanol–water partition coefficient (Wildman–Crippen LogP) is 2.58. The summed E-state index contributed by atoms with van der Waals surface area (Å²) in [6.07, 6.45) is 0. The van der Waals surface area contributed by atoms with Crippen LogP contribution in [0.1, 0.15) is 17.2 Å². The SMILES string of the molecule is NC1C(=O)Nc2cc(Oc3ccc(CO)cc3)c(Cl)cc21. The molecule has 0 aromatic heterocycles. The zero-order valence-electron chi connectivity index (χ0n) is 11.0. The summed E-state index contributed by atoms with van der Waals surface area (Å²) in [6.45, 7) is -0.0240. The number of hydrogen-bond donors (Lipinski definition) is 3. The Bertz CT molecular complexity index is 701. The standard InChI is InChI=1S/C15H13ClN2O3/c16-11-5-10-12(18-15(20)14(10)17)6-13(11)21-9-3-1-8(7-19)2-4-9/h1-6,14,19H,7,17H2,(H,18,20). The topological polar surface area (TPSA) is 84.6 Å². The van der Waals surface area contributed by atoms with Gasteiger partial charge < -0.3 is 20.9 Å². The van der Waals surface area contributed by atoms with Crippen molar-refractivity contribution in [1.82, 2.24) is 0 Å². The van der Waals surface area contributed by atoms with Gasteiger partial charge in [-0.05, 0) is 23.8 Å². The van der Waals surface area contributed by atoms with E-state index in [1.165, 1.54) is 0 Å². The Kier molecular flexibility index (Phi) is 3.55. The lowest BCUT2D eigenvalue weighted by molar-refractivity contribution is -0.116. The largest absolute Gasteiger partial charge is 0.456 e. The number of nitrogens with one attached hydrogen (secondary N) is 1. The van der Waals surface area contributed by atoms with E-state index in [0.29, 0.717) is 27.8 Å². The molecule has 2 aromatic carbocycles. The van der Waals surface area contributed by atoms with E-state index in [-0.39, 0.29) is 12.5 Å². The van der Waals surface area contributed by atoms with Crippen molar-refractivity contribution in [2.45, 2.75) is 12.6 Å². The minimum Gasteiger partial charge on any atom is -0.456 e. The van der Waals surface area contributed by atoms with Crippen LogP contribution in [0.3, 0.4) is 0 Å². The van der Waals surface area contributed by atoms with Crippen LogP contribution in [-0.4, -0.2) is 11.0 Å². The van der Waals surface area contributed by atoms with Gasteiger partial charge in [-0.1, -0.05) is 23.7 Å². The van der Waals surface area contributed by atoms with E-state index in [2.05, 4.69) is 5.32 Å².